The van der Waals surface area contributed by atoms with Crippen LogP contribution in [0.5, 0.6) is 5.88 Å². The van der Waals surface area contributed by atoms with Crippen LogP contribution in [0.1, 0.15) is 0 Å². The lowest BCUT2D eigenvalue weighted by atomic mass is 10.4. The number of aromatic nitrogens is 1. The van der Waals surface area contributed by atoms with E-state index in [2.05, 4.69) is 4.98 Å². The third-order valence-electron chi connectivity index (χ3n) is 1.23. The third-order valence-corrected chi connectivity index (χ3v) is 1.23. The van der Waals surface area contributed by atoms with Gasteiger partial charge < -0.3 is 4.90 Å². The van der Waals surface area contributed by atoms with Crippen LogP contribution in [0, 0.1) is 0 Å². The van der Waals surface area contributed by atoms with E-state index in [1.54, 1.807) is 17.0 Å². The van der Waals surface area contributed by atoms with Gasteiger partial charge in [0.2, 0.25) is 0 Å². The van der Waals surface area contributed by atoms with E-state index in [1.807, 2.05) is 14.1 Å². The molecule has 3 heteroatoms. The van der Waals surface area contributed by atoms with E-state index >= 15 is 0 Å². The minimum Gasteiger partial charge on any atom is -0.373 e. The molecule has 53 valence electrons. The van der Waals surface area contributed by atoms with Gasteiger partial charge in [0.1, 0.15) is 5.69 Å². The summed E-state index contributed by atoms with van der Waals surface area (Å²) in [4.78, 5) is 5.35. The zero-order valence-electron chi connectivity index (χ0n) is 6.03. The highest BCUT2D eigenvalue weighted by molar-refractivity contribution is 5.52. The van der Waals surface area contributed by atoms with Gasteiger partial charge in [-0.15, -0.1) is 0 Å². The first-order chi connectivity index (χ1) is 4.72. The van der Waals surface area contributed by atoms with E-state index in [1.165, 1.54) is 6.20 Å². The molecule has 0 spiro atoms. The predicted molar refractivity (Wildman–Crippen MR) is 38.7 cm³/mol. The first-order valence-corrected chi connectivity index (χ1v) is 3.01. The van der Waals surface area contributed by atoms with Gasteiger partial charge >= 0.3 is 0 Å². The van der Waals surface area contributed by atoms with Gasteiger partial charge in [0.15, 0.2) is 0 Å². The Hall–Kier alpha value is -1.25. The van der Waals surface area contributed by atoms with E-state index in [0.29, 0.717) is 5.69 Å². The zero-order chi connectivity index (χ0) is 7.56. The maximum Gasteiger partial charge on any atom is 0.293 e. The molecule has 1 radical (unpaired) electrons. The molecule has 0 saturated carbocycles. The van der Waals surface area contributed by atoms with Crippen LogP contribution in [0.25, 0.3) is 0 Å². The standard InChI is InChI=1S/C7H9N2O/c1-9(2)6-4-3-5-8-7(6)10/h3-5H,1-2H3. The van der Waals surface area contributed by atoms with E-state index in [9.17, 15) is 5.11 Å². The van der Waals surface area contributed by atoms with Gasteiger partial charge in [-0.05, 0) is 12.1 Å². The molecular weight excluding hydrogens is 128 g/mol. The van der Waals surface area contributed by atoms with Crippen LogP contribution < -0.4 is 4.90 Å². The van der Waals surface area contributed by atoms with Crippen molar-refractivity contribution in [2.45, 2.75) is 0 Å². The average Bonchev–Trinajstić information content (AvgIpc) is 1.88. The van der Waals surface area contributed by atoms with Gasteiger partial charge in [-0.3, -0.25) is 5.11 Å². The van der Waals surface area contributed by atoms with Crippen LogP contribution in [-0.2, 0) is 5.11 Å². The molecule has 0 saturated heterocycles. The fourth-order valence-corrected chi connectivity index (χ4v) is 0.723. The Labute approximate surface area is 59.9 Å². The minimum atomic E-state index is -0.174. The van der Waals surface area contributed by atoms with Crippen LogP contribution in [0.15, 0.2) is 18.3 Å². The van der Waals surface area contributed by atoms with E-state index in [-0.39, 0.29) is 5.88 Å². The molecule has 1 aromatic rings. The molecule has 1 aromatic heterocycles. The Bertz CT molecular complexity index is 223. The Morgan fingerprint density at radius 2 is 2.20 bits per heavy atom. The maximum atomic E-state index is 10.9. The molecule has 1 heterocycles. The van der Waals surface area contributed by atoms with Crippen molar-refractivity contribution in [1.82, 2.24) is 4.98 Å². The quantitative estimate of drug-likeness (QED) is 0.584. The van der Waals surface area contributed by atoms with Gasteiger partial charge in [-0.25, -0.2) is 4.98 Å². The van der Waals surface area contributed by atoms with Gasteiger partial charge in [0.05, 0.1) is 0 Å². The normalized spacial score (nSPS) is 9.40. The Morgan fingerprint density at radius 1 is 1.50 bits per heavy atom. The van der Waals surface area contributed by atoms with Crippen molar-refractivity contribution < 1.29 is 5.11 Å². The van der Waals surface area contributed by atoms with Crippen molar-refractivity contribution in [2.75, 3.05) is 19.0 Å². The fraction of sp³-hybridized carbons (Fsp3) is 0.286. The summed E-state index contributed by atoms with van der Waals surface area (Å²) in [5.74, 6) is -0.174. The molecular formula is C7H9N2O. The van der Waals surface area contributed by atoms with Gasteiger partial charge in [0, 0.05) is 20.3 Å². The summed E-state index contributed by atoms with van der Waals surface area (Å²) >= 11 is 0. The molecule has 0 aromatic carbocycles. The third kappa shape index (κ3) is 1.18. The van der Waals surface area contributed by atoms with Crippen LogP contribution >= 0.6 is 0 Å². The van der Waals surface area contributed by atoms with Gasteiger partial charge in [-0.2, -0.15) is 0 Å². The number of rotatable bonds is 1. The van der Waals surface area contributed by atoms with Gasteiger partial charge in [0.25, 0.3) is 5.88 Å². The second kappa shape index (κ2) is 2.56. The topological polar surface area (TPSA) is 36.0 Å². The van der Waals surface area contributed by atoms with Crippen molar-refractivity contribution in [1.29, 1.82) is 0 Å². The second-order valence-electron chi connectivity index (χ2n) is 2.22. The predicted octanol–water partition coefficient (Wildman–Crippen LogP) is 1.29. The smallest absolute Gasteiger partial charge is 0.293 e. The molecule has 0 aliphatic rings. The Morgan fingerprint density at radius 3 is 2.60 bits per heavy atom. The molecule has 0 amide bonds. The molecule has 0 bridgehead atoms. The van der Waals surface area contributed by atoms with E-state index in [4.69, 9.17) is 0 Å². The molecule has 0 fully saturated rings. The highest BCUT2D eigenvalue weighted by Gasteiger charge is 2.02. The summed E-state index contributed by atoms with van der Waals surface area (Å²) in [6.07, 6.45) is 1.50. The molecule has 10 heavy (non-hydrogen) atoms. The summed E-state index contributed by atoms with van der Waals surface area (Å²) < 4.78 is 0. The highest BCUT2D eigenvalue weighted by atomic mass is 16.3. The molecule has 3 nitrogen and oxygen atoms in total. The van der Waals surface area contributed by atoms with E-state index < -0.39 is 0 Å². The second-order valence-corrected chi connectivity index (χ2v) is 2.22. The largest absolute Gasteiger partial charge is 0.373 e. The monoisotopic (exact) mass is 137 g/mol. The number of hydrogen-bond acceptors (Lipinski definition) is 2. The SMILES string of the molecule is CN(C)c1cccnc1[O]. The molecule has 0 N–H and O–H groups in total. The van der Waals surface area contributed by atoms with Crippen LogP contribution in [0.3, 0.4) is 0 Å². The van der Waals surface area contributed by atoms with Crippen molar-refractivity contribution in [3.63, 3.8) is 0 Å². The first kappa shape index (κ1) is 6.86. The first-order valence-electron chi connectivity index (χ1n) is 3.01. The number of pyridine rings is 1. The molecule has 0 aliphatic carbocycles. The molecule has 0 unspecified atom stereocenters. The minimum absolute atomic E-state index is 0.174. The molecule has 0 atom stereocenters. The molecule has 1 rings (SSSR count). The summed E-state index contributed by atoms with van der Waals surface area (Å²) in [5, 5.41) is 10.9. The highest BCUT2D eigenvalue weighted by Crippen LogP contribution is 2.21. The lowest BCUT2D eigenvalue weighted by Crippen LogP contribution is -2.08. The van der Waals surface area contributed by atoms with Crippen molar-refractivity contribution in [3.8, 4) is 5.88 Å². The average molecular weight is 137 g/mol. The Kier molecular flexibility index (Phi) is 1.76. The summed E-state index contributed by atoms with van der Waals surface area (Å²) in [5.41, 5.74) is 0.627. The lowest BCUT2D eigenvalue weighted by molar-refractivity contribution is 0.338. The number of anilines is 1. The Balaban J connectivity index is 3.03. The van der Waals surface area contributed by atoms with Crippen LogP contribution in [0.2, 0.25) is 0 Å². The summed E-state index contributed by atoms with van der Waals surface area (Å²) in [6, 6.07) is 3.49. The van der Waals surface area contributed by atoms with Crippen molar-refractivity contribution in [2.24, 2.45) is 0 Å². The maximum absolute atomic E-state index is 10.9. The van der Waals surface area contributed by atoms with Crippen molar-refractivity contribution >= 4 is 5.69 Å². The van der Waals surface area contributed by atoms with Crippen LogP contribution in [0.4, 0.5) is 5.69 Å². The number of hydrogen-bond donors (Lipinski definition) is 0. The number of nitrogens with zero attached hydrogens (tertiary/aromatic N) is 2. The summed E-state index contributed by atoms with van der Waals surface area (Å²) in [6.45, 7) is 0. The van der Waals surface area contributed by atoms with Gasteiger partial charge in [-0.1, -0.05) is 0 Å². The molecule has 0 aliphatic heterocycles. The van der Waals surface area contributed by atoms with E-state index in [0.717, 1.165) is 0 Å². The summed E-state index contributed by atoms with van der Waals surface area (Å²) in [7, 11) is 3.64. The fourth-order valence-electron chi connectivity index (χ4n) is 0.723. The lowest BCUT2D eigenvalue weighted by Gasteiger charge is -2.10. The zero-order valence-corrected chi connectivity index (χ0v) is 6.03. The van der Waals surface area contributed by atoms with Crippen molar-refractivity contribution in [3.05, 3.63) is 18.3 Å². The van der Waals surface area contributed by atoms with Crippen LogP contribution in [-0.4, -0.2) is 19.1 Å².